The SMILES string of the molecule is CCN(CC)C(=O)c1cccc(NC(=O)CN(CC(=O)O)c2ccccc2)c1. The van der Waals surface area contributed by atoms with Crippen molar-refractivity contribution in [1.82, 2.24) is 4.90 Å². The number of nitrogens with zero attached hydrogens (tertiary/aromatic N) is 2. The summed E-state index contributed by atoms with van der Waals surface area (Å²) >= 11 is 0. The Morgan fingerprint density at radius 3 is 2.21 bits per heavy atom. The minimum absolute atomic E-state index is 0.0992. The van der Waals surface area contributed by atoms with Crippen LogP contribution in [-0.4, -0.2) is 54.0 Å². The molecule has 2 aromatic rings. The zero-order valence-corrected chi connectivity index (χ0v) is 16.1. The number of para-hydroxylation sites is 1. The van der Waals surface area contributed by atoms with Gasteiger partial charge >= 0.3 is 5.97 Å². The minimum Gasteiger partial charge on any atom is -0.480 e. The first-order chi connectivity index (χ1) is 13.4. The Bertz CT molecular complexity index is 819. The highest BCUT2D eigenvalue weighted by atomic mass is 16.4. The van der Waals surface area contributed by atoms with Crippen LogP contribution in [0.25, 0.3) is 0 Å². The molecule has 7 heteroatoms. The van der Waals surface area contributed by atoms with E-state index < -0.39 is 5.97 Å². The van der Waals surface area contributed by atoms with Gasteiger partial charge in [0.05, 0.1) is 6.54 Å². The standard InChI is InChI=1S/C21H25N3O4/c1-3-23(4-2)21(28)16-9-8-10-17(13-16)22-19(25)14-24(15-20(26)27)18-11-6-5-7-12-18/h5-13H,3-4,14-15H2,1-2H3,(H,22,25)(H,26,27). The van der Waals surface area contributed by atoms with Gasteiger partial charge in [0.2, 0.25) is 5.91 Å². The Balaban J connectivity index is 2.10. The maximum atomic E-state index is 12.5. The van der Waals surface area contributed by atoms with Gasteiger partial charge in [-0.15, -0.1) is 0 Å². The Morgan fingerprint density at radius 2 is 1.61 bits per heavy atom. The molecule has 2 amide bonds. The molecule has 0 radical (unpaired) electrons. The van der Waals surface area contributed by atoms with E-state index in [1.165, 1.54) is 4.90 Å². The number of carboxylic acids is 1. The lowest BCUT2D eigenvalue weighted by atomic mass is 10.1. The zero-order valence-electron chi connectivity index (χ0n) is 16.1. The average molecular weight is 383 g/mol. The van der Waals surface area contributed by atoms with Crippen molar-refractivity contribution in [3.05, 3.63) is 60.2 Å². The number of benzene rings is 2. The normalized spacial score (nSPS) is 10.2. The molecule has 0 saturated heterocycles. The monoisotopic (exact) mass is 383 g/mol. The molecule has 0 unspecified atom stereocenters. The highest BCUT2D eigenvalue weighted by Gasteiger charge is 2.16. The second-order valence-electron chi connectivity index (χ2n) is 6.19. The first-order valence-electron chi connectivity index (χ1n) is 9.15. The van der Waals surface area contributed by atoms with Crippen molar-refractivity contribution in [1.29, 1.82) is 0 Å². The quantitative estimate of drug-likeness (QED) is 0.695. The summed E-state index contributed by atoms with van der Waals surface area (Å²) < 4.78 is 0. The predicted octanol–water partition coefficient (Wildman–Crippen LogP) is 2.70. The topological polar surface area (TPSA) is 90.0 Å². The number of anilines is 2. The van der Waals surface area contributed by atoms with E-state index >= 15 is 0 Å². The van der Waals surface area contributed by atoms with Gasteiger partial charge in [-0.25, -0.2) is 0 Å². The van der Waals surface area contributed by atoms with Crippen molar-refractivity contribution in [3.8, 4) is 0 Å². The van der Waals surface area contributed by atoms with Gasteiger partial charge in [-0.1, -0.05) is 24.3 Å². The van der Waals surface area contributed by atoms with Crippen LogP contribution in [-0.2, 0) is 9.59 Å². The number of nitrogens with one attached hydrogen (secondary N) is 1. The summed E-state index contributed by atoms with van der Waals surface area (Å²) in [6.45, 7) is 4.62. The van der Waals surface area contributed by atoms with Crippen molar-refractivity contribution in [2.75, 3.05) is 36.4 Å². The van der Waals surface area contributed by atoms with Crippen molar-refractivity contribution in [3.63, 3.8) is 0 Å². The minimum atomic E-state index is -1.02. The second-order valence-corrected chi connectivity index (χ2v) is 6.19. The molecule has 0 spiro atoms. The van der Waals surface area contributed by atoms with Crippen LogP contribution in [0.1, 0.15) is 24.2 Å². The lowest BCUT2D eigenvalue weighted by molar-refractivity contribution is -0.135. The molecule has 148 valence electrons. The van der Waals surface area contributed by atoms with E-state index in [2.05, 4.69) is 5.32 Å². The fraction of sp³-hybridized carbons (Fsp3) is 0.286. The Labute approximate surface area is 164 Å². The van der Waals surface area contributed by atoms with Crippen LogP contribution in [0, 0.1) is 0 Å². The van der Waals surface area contributed by atoms with Crippen molar-refractivity contribution < 1.29 is 19.5 Å². The molecule has 28 heavy (non-hydrogen) atoms. The summed E-state index contributed by atoms with van der Waals surface area (Å²) in [6, 6.07) is 15.6. The van der Waals surface area contributed by atoms with E-state index in [0.29, 0.717) is 30.0 Å². The molecule has 2 N–H and O–H groups in total. The third-order valence-electron chi connectivity index (χ3n) is 4.23. The van der Waals surface area contributed by atoms with Crippen LogP contribution in [0.5, 0.6) is 0 Å². The van der Waals surface area contributed by atoms with Gasteiger partial charge in [-0.05, 0) is 44.2 Å². The van der Waals surface area contributed by atoms with Gasteiger partial charge in [0.15, 0.2) is 0 Å². The van der Waals surface area contributed by atoms with Gasteiger partial charge < -0.3 is 20.2 Å². The summed E-state index contributed by atoms with van der Waals surface area (Å²) in [5.74, 6) is -1.49. The average Bonchev–Trinajstić information content (AvgIpc) is 2.69. The number of amides is 2. The van der Waals surface area contributed by atoms with E-state index in [1.54, 1.807) is 53.4 Å². The molecule has 2 rings (SSSR count). The third-order valence-corrected chi connectivity index (χ3v) is 4.23. The number of aliphatic carboxylic acids is 1. The lowest BCUT2D eigenvalue weighted by Crippen LogP contribution is -2.37. The van der Waals surface area contributed by atoms with Gasteiger partial charge in [-0.2, -0.15) is 0 Å². The van der Waals surface area contributed by atoms with Crippen LogP contribution in [0.4, 0.5) is 11.4 Å². The number of carboxylic acid groups (broad SMARTS) is 1. The molecular formula is C21H25N3O4. The first-order valence-corrected chi connectivity index (χ1v) is 9.15. The van der Waals surface area contributed by atoms with Crippen LogP contribution < -0.4 is 10.2 Å². The molecule has 0 aromatic heterocycles. The first kappa shape index (κ1) is 21.0. The summed E-state index contributed by atoms with van der Waals surface area (Å²) in [7, 11) is 0. The number of carbonyl (C=O) groups is 3. The lowest BCUT2D eigenvalue weighted by Gasteiger charge is -2.22. The predicted molar refractivity (Wildman–Crippen MR) is 109 cm³/mol. The molecule has 0 aliphatic rings. The highest BCUT2D eigenvalue weighted by Crippen LogP contribution is 2.15. The van der Waals surface area contributed by atoms with Gasteiger partial charge in [-0.3, -0.25) is 14.4 Å². The molecule has 0 aliphatic carbocycles. The van der Waals surface area contributed by atoms with E-state index in [0.717, 1.165) is 0 Å². The van der Waals surface area contributed by atoms with E-state index in [-0.39, 0.29) is 24.9 Å². The highest BCUT2D eigenvalue weighted by molar-refractivity contribution is 5.98. The summed E-state index contributed by atoms with van der Waals surface area (Å²) in [4.78, 5) is 39.3. The van der Waals surface area contributed by atoms with Gasteiger partial charge in [0.25, 0.3) is 5.91 Å². The number of hydrogen-bond donors (Lipinski definition) is 2. The zero-order chi connectivity index (χ0) is 20.5. The van der Waals surface area contributed by atoms with Gasteiger partial charge in [0, 0.05) is 30.0 Å². The number of carbonyl (C=O) groups excluding carboxylic acids is 2. The summed E-state index contributed by atoms with van der Waals surface area (Å²) in [6.07, 6.45) is 0. The molecule has 0 saturated carbocycles. The molecule has 0 atom stereocenters. The molecular weight excluding hydrogens is 358 g/mol. The van der Waals surface area contributed by atoms with Crippen molar-refractivity contribution >= 4 is 29.2 Å². The van der Waals surface area contributed by atoms with Crippen molar-refractivity contribution in [2.24, 2.45) is 0 Å². The van der Waals surface area contributed by atoms with Crippen LogP contribution in [0.3, 0.4) is 0 Å². The fourth-order valence-corrected chi connectivity index (χ4v) is 2.84. The van der Waals surface area contributed by atoms with Crippen LogP contribution in [0.15, 0.2) is 54.6 Å². The van der Waals surface area contributed by atoms with E-state index in [9.17, 15) is 14.4 Å². The molecule has 0 heterocycles. The maximum absolute atomic E-state index is 12.5. The maximum Gasteiger partial charge on any atom is 0.323 e. The Kier molecular flexibility index (Phi) is 7.56. The smallest absolute Gasteiger partial charge is 0.323 e. The number of hydrogen-bond acceptors (Lipinski definition) is 4. The Hall–Kier alpha value is -3.35. The molecule has 0 fully saturated rings. The molecule has 0 bridgehead atoms. The largest absolute Gasteiger partial charge is 0.480 e. The van der Waals surface area contributed by atoms with E-state index in [1.807, 2.05) is 19.9 Å². The summed E-state index contributed by atoms with van der Waals surface area (Å²) in [5.41, 5.74) is 1.63. The third kappa shape index (κ3) is 5.84. The fourth-order valence-electron chi connectivity index (χ4n) is 2.84. The van der Waals surface area contributed by atoms with Crippen LogP contribution >= 0.6 is 0 Å². The second kappa shape index (κ2) is 10.1. The Morgan fingerprint density at radius 1 is 0.929 bits per heavy atom. The summed E-state index contributed by atoms with van der Waals surface area (Å²) in [5, 5.41) is 11.9. The van der Waals surface area contributed by atoms with Crippen molar-refractivity contribution in [2.45, 2.75) is 13.8 Å². The van der Waals surface area contributed by atoms with E-state index in [4.69, 9.17) is 5.11 Å². The van der Waals surface area contributed by atoms with Crippen LogP contribution in [0.2, 0.25) is 0 Å². The number of rotatable bonds is 9. The van der Waals surface area contributed by atoms with Gasteiger partial charge in [0.1, 0.15) is 6.54 Å². The molecule has 2 aromatic carbocycles. The molecule has 0 aliphatic heterocycles. The molecule has 7 nitrogen and oxygen atoms in total.